The molecule has 8 heteroatoms. The van der Waals surface area contributed by atoms with E-state index in [0.717, 1.165) is 5.56 Å². The van der Waals surface area contributed by atoms with E-state index in [1.54, 1.807) is 12.1 Å². The van der Waals surface area contributed by atoms with Gasteiger partial charge >= 0.3 is 6.18 Å². The molecule has 112 valence electrons. The van der Waals surface area contributed by atoms with Gasteiger partial charge in [0.2, 0.25) is 10.0 Å². The highest BCUT2D eigenvalue weighted by atomic mass is 79.9. The minimum atomic E-state index is -4.54. The van der Waals surface area contributed by atoms with Gasteiger partial charge in [0.15, 0.2) is 0 Å². The fourth-order valence-corrected chi connectivity index (χ4v) is 3.88. The maximum absolute atomic E-state index is 12.5. The van der Waals surface area contributed by atoms with Crippen LogP contribution in [0.4, 0.5) is 13.2 Å². The summed E-state index contributed by atoms with van der Waals surface area (Å²) in [5.41, 5.74) is 0.859. The molecule has 0 aliphatic heterocycles. The third-order valence-electron chi connectivity index (χ3n) is 2.97. The number of nitrogens with zero attached hydrogens (tertiary/aromatic N) is 1. The first-order valence-corrected chi connectivity index (χ1v) is 8.54. The number of sulfonamides is 1. The lowest BCUT2D eigenvalue weighted by Gasteiger charge is -2.23. The first-order valence-electron chi connectivity index (χ1n) is 5.97. The molecule has 2 rings (SSSR count). The van der Waals surface area contributed by atoms with Crippen LogP contribution >= 0.6 is 15.9 Å². The van der Waals surface area contributed by atoms with Crippen molar-refractivity contribution in [3.05, 3.63) is 29.8 Å². The molecule has 0 aromatic heterocycles. The fourth-order valence-electron chi connectivity index (χ4n) is 1.84. The summed E-state index contributed by atoms with van der Waals surface area (Å²) < 4.78 is 62.8. The summed E-state index contributed by atoms with van der Waals surface area (Å²) in [6.07, 6.45) is -3.57. The molecule has 0 heterocycles. The highest BCUT2D eigenvalue weighted by molar-refractivity contribution is 9.08. The molecule has 0 radical (unpaired) electrons. The number of hydrogen-bond donors (Lipinski definition) is 0. The van der Waals surface area contributed by atoms with Crippen LogP contribution in [-0.4, -0.2) is 31.5 Å². The minimum Gasteiger partial charge on any atom is -0.207 e. The van der Waals surface area contributed by atoms with Gasteiger partial charge in [0.1, 0.15) is 6.54 Å². The molecule has 1 aliphatic rings. The topological polar surface area (TPSA) is 37.4 Å². The normalized spacial score (nSPS) is 16.6. The van der Waals surface area contributed by atoms with E-state index < -0.39 is 28.8 Å². The Labute approximate surface area is 123 Å². The van der Waals surface area contributed by atoms with E-state index >= 15 is 0 Å². The summed E-state index contributed by atoms with van der Waals surface area (Å²) in [6.45, 7) is -1.43. The van der Waals surface area contributed by atoms with Crippen LogP contribution in [0.2, 0.25) is 0 Å². The van der Waals surface area contributed by atoms with Gasteiger partial charge < -0.3 is 0 Å². The van der Waals surface area contributed by atoms with Crippen LogP contribution in [0.15, 0.2) is 29.2 Å². The molecule has 0 amide bonds. The average Bonchev–Trinajstić information content (AvgIpc) is 3.19. The molecule has 0 N–H and O–H groups in total. The minimum absolute atomic E-state index is 0.0987. The van der Waals surface area contributed by atoms with E-state index in [1.807, 2.05) is 0 Å². The van der Waals surface area contributed by atoms with Gasteiger partial charge in [0, 0.05) is 11.4 Å². The molecule has 1 fully saturated rings. The summed E-state index contributed by atoms with van der Waals surface area (Å²) in [4.78, 5) is -0.0987. The molecular formula is C12H13BrF3NO2S. The van der Waals surface area contributed by atoms with Crippen LogP contribution < -0.4 is 0 Å². The Morgan fingerprint density at radius 2 is 1.75 bits per heavy atom. The molecular weight excluding hydrogens is 359 g/mol. The van der Waals surface area contributed by atoms with Crippen molar-refractivity contribution in [2.45, 2.75) is 35.3 Å². The van der Waals surface area contributed by atoms with E-state index in [1.165, 1.54) is 12.1 Å². The Bertz CT molecular complexity index is 567. The van der Waals surface area contributed by atoms with Crippen LogP contribution in [0.25, 0.3) is 0 Å². The lowest BCUT2D eigenvalue weighted by atomic mass is 10.2. The Kier molecular flexibility index (Phi) is 4.46. The number of benzene rings is 1. The predicted molar refractivity (Wildman–Crippen MR) is 72.0 cm³/mol. The third kappa shape index (κ3) is 3.73. The van der Waals surface area contributed by atoms with Crippen molar-refractivity contribution in [1.82, 2.24) is 4.31 Å². The Morgan fingerprint density at radius 1 is 1.20 bits per heavy atom. The Balaban J connectivity index is 2.29. The number of rotatable bonds is 5. The second kappa shape index (κ2) is 5.65. The van der Waals surface area contributed by atoms with Gasteiger partial charge in [-0.05, 0) is 30.5 Å². The van der Waals surface area contributed by atoms with Crippen molar-refractivity contribution >= 4 is 26.0 Å². The Hall–Kier alpha value is -0.600. The average molecular weight is 372 g/mol. The van der Waals surface area contributed by atoms with Gasteiger partial charge in [-0.25, -0.2) is 8.42 Å². The summed E-state index contributed by atoms with van der Waals surface area (Å²) in [5.74, 6) is 0. The smallest absolute Gasteiger partial charge is 0.207 e. The lowest BCUT2D eigenvalue weighted by Crippen LogP contribution is -2.40. The molecule has 1 aliphatic carbocycles. The van der Waals surface area contributed by atoms with Crippen molar-refractivity contribution in [2.24, 2.45) is 0 Å². The third-order valence-corrected chi connectivity index (χ3v) is 5.53. The number of alkyl halides is 4. The van der Waals surface area contributed by atoms with E-state index in [9.17, 15) is 21.6 Å². The van der Waals surface area contributed by atoms with Gasteiger partial charge in [-0.15, -0.1) is 0 Å². The zero-order valence-corrected chi connectivity index (χ0v) is 12.8. The number of hydrogen-bond acceptors (Lipinski definition) is 2. The SMILES string of the molecule is O=S(=O)(c1ccc(CBr)cc1)N(CC(F)(F)F)C1CC1. The maximum Gasteiger partial charge on any atom is 0.402 e. The van der Waals surface area contributed by atoms with E-state index in [4.69, 9.17) is 0 Å². The van der Waals surface area contributed by atoms with Gasteiger partial charge in [-0.3, -0.25) is 0 Å². The van der Waals surface area contributed by atoms with Crippen molar-refractivity contribution in [3.8, 4) is 0 Å². The summed E-state index contributed by atoms with van der Waals surface area (Å²) in [6, 6.07) is 5.33. The molecule has 0 saturated heterocycles. The highest BCUT2D eigenvalue weighted by Gasteiger charge is 2.44. The summed E-state index contributed by atoms with van der Waals surface area (Å²) in [5, 5.41) is 0.558. The second-order valence-electron chi connectivity index (χ2n) is 4.67. The van der Waals surface area contributed by atoms with Crippen LogP contribution in [0.1, 0.15) is 18.4 Å². The molecule has 0 atom stereocenters. The molecule has 0 unspecified atom stereocenters. The molecule has 1 aromatic carbocycles. The highest BCUT2D eigenvalue weighted by Crippen LogP contribution is 2.34. The molecule has 3 nitrogen and oxygen atoms in total. The van der Waals surface area contributed by atoms with Gasteiger partial charge in [-0.2, -0.15) is 17.5 Å². The van der Waals surface area contributed by atoms with Gasteiger partial charge in [0.25, 0.3) is 0 Å². The molecule has 20 heavy (non-hydrogen) atoms. The van der Waals surface area contributed by atoms with Crippen LogP contribution in [0.3, 0.4) is 0 Å². The van der Waals surface area contributed by atoms with Crippen LogP contribution in [0, 0.1) is 0 Å². The second-order valence-corrected chi connectivity index (χ2v) is 7.13. The first-order chi connectivity index (χ1) is 9.24. The van der Waals surface area contributed by atoms with E-state index in [2.05, 4.69) is 15.9 Å². The lowest BCUT2D eigenvalue weighted by molar-refractivity contribution is -0.137. The predicted octanol–water partition coefficient (Wildman–Crippen LogP) is 3.30. The largest absolute Gasteiger partial charge is 0.402 e. The Morgan fingerprint density at radius 3 is 2.15 bits per heavy atom. The standard InChI is InChI=1S/C12H13BrF3NO2S/c13-7-9-1-5-11(6-2-9)20(18,19)17(10-3-4-10)8-12(14,15)16/h1-2,5-6,10H,3-4,7-8H2. The van der Waals surface area contributed by atoms with Gasteiger partial charge in [0.05, 0.1) is 4.90 Å². The van der Waals surface area contributed by atoms with Crippen molar-refractivity contribution < 1.29 is 21.6 Å². The summed E-state index contributed by atoms with van der Waals surface area (Å²) in [7, 11) is -4.10. The first kappa shape index (κ1) is 15.8. The maximum atomic E-state index is 12.5. The fraction of sp³-hybridized carbons (Fsp3) is 0.500. The van der Waals surface area contributed by atoms with E-state index in [0.29, 0.717) is 22.5 Å². The molecule has 1 saturated carbocycles. The van der Waals surface area contributed by atoms with Crippen molar-refractivity contribution in [2.75, 3.05) is 6.54 Å². The van der Waals surface area contributed by atoms with Crippen molar-refractivity contribution in [1.29, 1.82) is 0 Å². The van der Waals surface area contributed by atoms with Crippen LogP contribution in [-0.2, 0) is 15.4 Å². The van der Waals surface area contributed by atoms with Crippen molar-refractivity contribution in [3.63, 3.8) is 0 Å². The molecule has 0 spiro atoms. The van der Waals surface area contributed by atoms with E-state index in [-0.39, 0.29) is 4.90 Å². The monoisotopic (exact) mass is 371 g/mol. The zero-order chi connectivity index (χ0) is 15.0. The van der Waals surface area contributed by atoms with Crippen LogP contribution in [0.5, 0.6) is 0 Å². The quantitative estimate of drug-likeness (QED) is 0.744. The molecule has 1 aromatic rings. The summed E-state index contributed by atoms with van der Waals surface area (Å²) >= 11 is 3.23. The van der Waals surface area contributed by atoms with Gasteiger partial charge in [-0.1, -0.05) is 28.1 Å². The zero-order valence-electron chi connectivity index (χ0n) is 10.4. The molecule has 0 bridgehead atoms. The number of halogens is 4.